The Kier molecular flexibility index (Phi) is 6.79. The zero-order valence-corrected chi connectivity index (χ0v) is 13.9. The molecule has 0 bridgehead atoms. The second kappa shape index (κ2) is 7.88. The number of amides is 2. The Morgan fingerprint density at radius 1 is 1.48 bits per heavy atom. The van der Waals surface area contributed by atoms with E-state index < -0.39 is 27.2 Å². The number of carboxylic acid groups (broad SMARTS) is 1. The summed E-state index contributed by atoms with van der Waals surface area (Å²) >= 11 is 1.52. The molecule has 2 amide bonds. The zero-order chi connectivity index (χ0) is 16.0. The van der Waals surface area contributed by atoms with Gasteiger partial charge in [-0.2, -0.15) is 11.8 Å². The molecule has 9 heteroatoms. The van der Waals surface area contributed by atoms with Crippen LogP contribution < -0.4 is 5.32 Å². The van der Waals surface area contributed by atoms with Crippen molar-refractivity contribution in [2.45, 2.75) is 25.6 Å². The summed E-state index contributed by atoms with van der Waals surface area (Å²) in [6.07, 6.45) is -0.0349. The van der Waals surface area contributed by atoms with E-state index in [0.29, 0.717) is 18.1 Å². The van der Waals surface area contributed by atoms with Gasteiger partial charge in [0.25, 0.3) is 0 Å². The summed E-state index contributed by atoms with van der Waals surface area (Å²) < 4.78 is 24.1. The molecule has 0 aromatic rings. The van der Waals surface area contributed by atoms with Crippen LogP contribution in [0.15, 0.2) is 0 Å². The highest BCUT2D eigenvalue weighted by molar-refractivity contribution is 8.01. The highest BCUT2D eigenvalue weighted by atomic mass is 32.2. The van der Waals surface area contributed by atoms with Crippen molar-refractivity contribution in [2.24, 2.45) is 5.92 Å². The third-order valence-electron chi connectivity index (χ3n) is 3.29. The number of carbonyl (C=O) groups excluding carboxylic acids is 1. The van der Waals surface area contributed by atoms with Gasteiger partial charge in [0.15, 0.2) is 9.84 Å². The van der Waals surface area contributed by atoms with Crippen molar-refractivity contribution in [1.29, 1.82) is 0 Å². The van der Waals surface area contributed by atoms with E-state index in [9.17, 15) is 18.0 Å². The second-order valence-electron chi connectivity index (χ2n) is 5.06. The molecule has 1 aliphatic rings. The molecular formula is C12H22N2O5S2. The third kappa shape index (κ3) is 5.39. The van der Waals surface area contributed by atoms with Gasteiger partial charge >= 0.3 is 12.0 Å². The maximum atomic E-state index is 12.2. The highest BCUT2D eigenvalue weighted by Gasteiger charge is 2.35. The summed E-state index contributed by atoms with van der Waals surface area (Å²) in [5.74, 6) is -0.0381. The fourth-order valence-electron chi connectivity index (χ4n) is 2.04. The minimum atomic E-state index is -3.32. The molecule has 0 aromatic carbocycles. The van der Waals surface area contributed by atoms with Gasteiger partial charge in [-0.25, -0.2) is 13.2 Å². The van der Waals surface area contributed by atoms with Crippen molar-refractivity contribution in [2.75, 3.05) is 30.3 Å². The van der Waals surface area contributed by atoms with Crippen molar-refractivity contribution >= 4 is 33.6 Å². The number of rotatable bonds is 6. The SMILES string of the molecule is CCS(=O)(=O)C1CSCCN1C(=O)NCC(C)CC(=O)O. The molecule has 7 nitrogen and oxygen atoms in total. The van der Waals surface area contributed by atoms with Crippen LogP contribution in [0.1, 0.15) is 20.3 Å². The zero-order valence-electron chi connectivity index (χ0n) is 12.2. The molecule has 0 aliphatic carbocycles. The molecule has 0 aromatic heterocycles. The molecule has 0 saturated carbocycles. The monoisotopic (exact) mass is 338 g/mol. The van der Waals surface area contributed by atoms with Crippen molar-refractivity contribution in [3.63, 3.8) is 0 Å². The summed E-state index contributed by atoms with van der Waals surface area (Å²) in [5, 5.41) is 10.5. The number of thioether (sulfide) groups is 1. The minimum Gasteiger partial charge on any atom is -0.481 e. The Labute approximate surface area is 129 Å². The predicted octanol–water partition coefficient (Wildman–Crippen LogP) is 0.616. The van der Waals surface area contributed by atoms with Crippen LogP contribution in [0.4, 0.5) is 4.79 Å². The molecule has 1 aliphatic heterocycles. The maximum absolute atomic E-state index is 12.2. The van der Waals surface area contributed by atoms with E-state index in [1.165, 1.54) is 16.7 Å². The number of carbonyl (C=O) groups is 2. The van der Waals surface area contributed by atoms with Crippen molar-refractivity contribution < 1.29 is 23.1 Å². The van der Waals surface area contributed by atoms with Crippen LogP contribution in [0.2, 0.25) is 0 Å². The topological polar surface area (TPSA) is 104 Å². The molecule has 1 fully saturated rings. The van der Waals surface area contributed by atoms with Gasteiger partial charge in [-0.1, -0.05) is 13.8 Å². The summed E-state index contributed by atoms with van der Waals surface area (Å²) in [6, 6.07) is -0.436. The van der Waals surface area contributed by atoms with Gasteiger partial charge in [-0.15, -0.1) is 0 Å². The van der Waals surface area contributed by atoms with Gasteiger partial charge in [0, 0.05) is 36.8 Å². The van der Waals surface area contributed by atoms with E-state index in [1.807, 2.05) is 0 Å². The van der Waals surface area contributed by atoms with Gasteiger partial charge in [-0.05, 0) is 5.92 Å². The lowest BCUT2D eigenvalue weighted by Crippen LogP contribution is -2.54. The molecule has 1 rings (SSSR count). The smallest absolute Gasteiger partial charge is 0.318 e. The van der Waals surface area contributed by atoms with Crippen LogP contribution in [0.5, 0.6) is 0 Å². The average molecular weight is 338 g/mol. The molecule has 2 atom stereocenters. The summed E-state index contributed by atoms with van der Waals surface area (Å²) in [7, 11) is -3.32. The second-order valence-corrected chi connectivity index (χ2v) is 8.66. The van der Waals surface area contributed by atoms with E-state index >= 15 is 0 Å². The summed E-state index contributed by atoms with van der Waals surface area (Å²) in [4.78, 5) is 24.1. The average Bonchev–Trinajstić information content (AvgIpc) is 2.44. The Balaban J connectivity index is 2.64. The first-order chi connectivity index (χ1) is 9.77. The Morgan fingerprint density at radius 2 is 2.14 bits per heavy atom. The van der Waals surface area contributed by atoms with E-state index in [4.69, 9.17) is 5.11 Å². The molecule has 2 unspecified atom stereocenters. The van der Waals surface area contributed by atoms with Crippen LogP contribution in [-0.2, 0) is 14.6 Å². The first-order valence-electron chi connectivity index (χ1n) is 6.83. The van der Waals surface area contributed by atoms with Crippen molar-refractivity contribution in [3.8, 4) is 0 Å². The van der Waals surface area contributed by atoms with Crippen molar-refractivity contribution in [1.82, 2.24) is 10.2 Å². The van der Waals surface area contributed by atoms with E-state index in [2.05, 4.69) is 5.32 Å². The molecule has 1 saturated heterocycles. The molecule has 2 N–H and O–H groups in total. The van der Waals surface area contributed by atoms with E-state index in [0.717, 1.165) is 0 Å². The molecule has 0 spiro atoms. The summed E-state index contributed by atoms with van der Waals surface area (Å²) in [5.41, 5.74) is 0. The normalized spacial score (nSPS) is 20.9. The predicted molar refractivity (Wildman–Crippen MR) is 82.1 cm³/mol. The Hall–Kier alpha value is -0.960. The highest BCUT2D eigenvalue weighted by Crippen LogP contribution is 2.21. The largest absolute Gasteiger partial charge is 0.481 e. The molecule has 0 radical (unpaired) electrons. The quantitative estimate of drug-likeness (QED) is 0.736. The number of urea groups is 1. The van der Waals surface area contributed by atoms with E-state index in [-0.39, 0.29) is 24.6 Å². The van der Waals surface area contributed by atoms with Crippen LogP contribution in [0, 0.1) is 5.92 Å². The van der Waals surface area contributed by atoms with Crippen LogP contribution in [0.3, 0.4) is 0 Å². The number of aliphatic carboxylic acids is 1. The lowest BCUT2D eigenvalue weighted by molar-refractivity contribution is -0.137. The third-order valence-corrected chi connectivity index (χ3v) is 6.58. The number of carboxylic acids is 1. The minimum absolute atomic E-state index is 0.00256. The van der Waals surface area contributed by atoms with Crippen LogP contribution in [-0.4, -0.2) is 66.1 Å². The van der Waals surface area contributed by atoms with Gasteiger partial charge in [0.1, 0.15) is 5.37 Å². The van der Waals surface area contributed by atoms with Crippen LogP contribution >= 0.6 is 11.8 Å². The first kappa shape index (κ1) is 18.1. The number of nitrogens with one attached hydrogen (secondary N) is 1. The number of hydrogen-bond donors (Lipinski definition) is 2. The number of nitrogens with zero attached hydrogens (tertiary/aromatic N) is 1. The fourth-order valence-corrected chi connectivity index (χ4v) is 5.00. The number of hydrogen-bond acceptors (Lipinski definition) is 5. The van der Waals surface area contributed by atoms with Crippen LogP contribution in [0.25, 0.3) is 0 Å². The van der Waals surface area contributed by atoms with Gasteiger partial charge in [-0.3, -0.25) is 4.79 Å². The van der Waals surface area contributed by atoms with Crippen molar-refractivity contribution in [3.05, 3.63) is 0 Å². The standard InChI is InChI=1S/C12H22N2O5S2/c1-3-21(18,19)10-8-20-5-4-14(10)12(17)13-7-9(2)6-11(15)16/h9-10H,3-8H2,1-2H3,(H,13,17)(H,15,16). The molecule has 122 valence electrons. The van der Waals surface area contributed by atoms with Gasteiger partial charge in [0.2, 0.25) is 0 Å². The Bertz CT molecular complexity index is 480. The van der Waals surface area contributed by atoms with Gasteiger partial charge < -0.3 is 15.3 Å². The molecule has 21 heavy (non-hydrogen) atoms. The van der Waals surface area contributed by atoms with E-state index in [1.54, 1.807) is 13.8 Å². The lowest BCUT2D eigenvalue weighted by atomic mass is 10.1. The Morgan fingerprint density at radius 3 is 2.71 bits per heavy atom. The fraction of sp³-hybridized carbons (Fsp3) is 0.833. The summed E-state index contributed by atoms with van der Waals surface area (Å²) in [6.45, 7) is 3.89. The lowest BCUT2D eigenvalue weighted by Gasteiger charge is -2.34. The maximum Gasteiger partial charge on any atom is 0.318 e. The number of sulfone groups is 1. The van der Waals surface area contributed by atoms with Gasteiger partial charge in [0.05, 0.1) is 0 Å². The molecule has 1 heterocycles. The molecular weight excluding hydrogens is 316 g/mol. The first-order valence-corrected chi connectivity index (χ1v) is 9.70.